The average Bonchev–Trinajstić information content (AvgIpc) is 2.65. The molecule has 0 fully saturated rings. The largest absolute Gasteiger partial charge is 0.488 e. The normalized spacial score (nSPS) is 13.3. The number of aromatic nitrogens is 2. The molecular formula is C23H26ClN3O3. The fourth-order valence-corrected chi connectivity index (χ4v) is 3.82. The van der Waals surface area contributed by atoms with Gasteiger partial charge in [-0.15, -0.1) is 0 Å². The van der Waals surface area contributed by atoms with E-state index in [0.717, 1.165) is 27.7 Å². The van der Waals surface area contributed by atoms with Crippen LogP contribution in [0.15, 0.2) is 42.7 Å². The van der Waals surface area contributed by atoms with Crippen LogP contribution in [0, 0.1) is 12.8 Å². The number of aryl methyl sites for hydroxylation is 1. The van der Waals surface area contributed by atoms with E-state index in [-0.39, 0.29) is 6.61 Å². The Bertz CT molecular complexity index is 1070. The second-order valence-electron chi connectivity index (χ2n) is 8.11. The molecule has 0 spiro atoms. The van der Waals surface area contributed by atoms with Gasteiger partial charge < -0.3 is 15.2 Å². The predicted molar refractivity (Wildman–Crippen MR) is 119 cm³/mol. The van der Waals surface area contributed by atoms with E-state index in [0.29, 0.717) is 23.1 Å². The van der Waals surface area contributed by atoms with Gasteiger partial charge in [-0.3, -0.25) is 9.97 Å². The molecule has 1 amide bonds. The van der Waals surface area contributed by atoms with Crippen molar-refractivity contribution in [2.75, 3.05) is 6.61 Å². The number of hydrogen-bond donors (Lipinski definition) is 1. The van der Waals surface area contributed by atoms with Crippen LogP contribution in [0.5, 0.6) is 5.75 Å². The molecule has 1 unspecified atom stereocenters. The summed E-state index contributed by atoms with van der Waals surface area (Å²) in [6, 6.07) is 9.47. The Morgan fingerprint density at radius 3 is 2.67 bits per heavy atom. The van der Waals surface area contributed by atoms with Crippen molar-refractivity contribution in [2.24, 2.45) is 11.7 Å². The van der Waals surface area contributed by atoms with Gasteiger partial charge in [0.1, 0.15) is 18.0 Å². The lowest BCUT2D eigenvalue weighted by molar-refractivity contribution is -0.0188. The summed E-state index contributed by atoms with van der Waals surface area (Å²) < 4.78 is 11.3. The summed E-state index contributed by atoms with van der Waals surface area (Å²) >= 11 is 6.18. The van der Waals surface area contributed by atoms with Crippen LogP contribution < -0.4 is 10.5 Å². The third-order valence-corrected chi connectivity index (χ3v) is 5.00. The number of halogens is 1. The first-order chi connectivity index (χ1) is 14.2. The lowest BCUT2D eigenvalue weighted by Crippen LogP contribution is -2.41. The number of ether oxygens (including phenoxy) is 2. The molecule has 30 heavy (non-hydrogen) atoms. The summed E-state index contributed by atoms with van der Waals surface area (Å²) in [6.45, 7) is 8.06. The van der Waals surface area contributed by atoms with Crippen LogP contribution in [0.25, 0.3) is 22.2 Å². The lowest BCUT2D eigenvalue weighted by atomic mass is 9.95. The first-order valence-electron chi connectivity index (χ1n) is 9.79. The molecule has 2 aromatic heterocycles. The summed E-state index contributed by atoms with van der Waals surface area (Å²) in [5, 5.41) is 1.58. The Morgan fingerprint density at radius 2 is 2.00 bits per heavy atom. The Balaban J connectivity index is 1.86. The number of rotatable bonds is 7. The number of benzene rings is 1. The Morgan fingerprint density at radius 1 is 1.23 bits per heavy atom. The average molecular weight is 428 g/mol. The van der Waals surface area contributed by atoms with Gasteiger partial charge in [-0.1, -0.05) is 25.4 Å². The van der Waals surface area contributed by atoms with Crippen molar-refractivity contribution < 1.29 is 14.3 Å². The molecule has 158 valence electrons. The van der Waals surface area contributed by atoms with Gasteiger partial charge in [0.05, 0.1) is 17.4 Å². The van der Waals surface area contributed by atoms with Crippen LogP contribution in [-0.4, -0.2) is 28.3 Å². The predicted octanol–water partition coefficient (Wildman–Crippen LogP) is 5.54. The molecule has 0 radical (unpaired) electrons. The summed E-state index contributed by atoms with van der Waals surface area (Å²) in [5.74, 6) is 0.935. The third-order valence-electron chi connectivity index (χ3n) is 4.76. The van der Waals surface area contributed by atoms with Crippen LogP contribution >= 0.6 is 11.6 Å². The van der Waals surface area contributed by atoms with E-state index >= 15 is 0 Å². The molecule has 0 saturated heterocycles. The standard InChI is InChI=1S/C23H26ClN3O3/c1-14(2)11-23(4,30-22(25)28)13-29-21-12-27-20(9-15(21)3)17-7-8-26-19-6-5-16(24)10-18(17)19/h5-10,12,14H,11,13H2,1-4H3,(H2,25,28). The highest BCUT2D eigenvalue weighted by Crippen LogP contribution is 2.31. The third kappa shape index (κ3) is 5.19. The number of nitrogens with two attached hydrogens (primary N) is 1. The number of fused-ring (bicyclic) bond motifs is 1. The molecule has 3 rings (SSSR count). The quantitative estimate of drug-likeness (QED) is 0.535. The number of carbonyl (C=O) groups is 1. The van der Waals surface area contributed by atoms with Gasteiger partial charge in [0, 0.05) is 22.2 Å². The first-order valence-corrected chi connectivity index (χ1v) is 10.2. The van der Waals surface area contributed by atoms with Gasteiger partial charge in [0.25, 0.3) is 0 Å². The van der Waals surface area contributed by atoms with Crippen molar-refractivity contribution in [2.45, 2.75) is 39.7 Å². The summed E-state index contributed by atoms with van der Waals surface area (Å²) in [4.78, 5) is 20.3. The van der Waals surface area contributed by atoms with E-state index < -0.39 is 11.7 Å². The maximum absolute atomic E-state index is 11.3. The van der Waals surface area contributed by atoms with Crippen molar-refractivity contribution in [3.05, 3.63) is 53.3 Å². The number of pyridine rings is 2. The number of primary amides is 1. The van der Waals surface area contributed by atoms with Crippen LogP contribution in [0.4, 0.5) is 4.79 Å². The number of nitrogens with zero attached hydrogens (tertiary/aromatic N) is 2. The molecule has 0 saturated carbocycles. The zero-order valence-corrected chi connectivity index (χ0v) is 18.4. The molecule has 2 heterocycles. The van der Waals surface area contributed by atoms with Gasteiger partial charge in [-0.2, -0.15) is 0 Å². The topological polar surface area (TPSA) is 87.3 Å². The van der Waals surface area contributed by atoms with Gasteiger partial charge in [0.15, 0.2) is 0 Å². The lowest BCUT2D eigenvalue weighted by Gasteiger charge is -2.30. The molecule has 0 bridgehead atoms. The molecule has 3 aromatic rings. The summed E-state index contributed by atoms with van der Waals surface area (Å²) in [7, 11) is 0. The molecular weight excluding hydrogens is 402 g/mol. The van der Waals surface area contributed by atoms with E-state index in [9.17, 15) is 4.79 Å². The number of hydrogen-bond acceptors (Lipinski definition) is 5. The maximum atomic E-state index is 11.3. The van der Waals surface area contributed by atoms with Crippen LogP contribution in [0.2, 0.25) is 5.02 Å². The highest BCUT2D eigenvalue weighted by atomic mass is 35.5. The van der Waals surface area contributed by atoms with Crippen molar-refractivity contribution >= 4 is 28.6 Å². The van der Waals surface area contributed by atoms with Gasteiger partial charge >= 0.3 is 6.09 Å². The second-order valence-corrected chi connectivity index (χ2v) is 8.55. The van der Waals surface area contributed by atoms with Crippen molar-refractivity contribution in [1.29, 1.82) is 0 Å². The Labute approximate surface area is 181 Å². The molecule has 1 aromatic carbocycles. The maximum Gasteiger partial charge on any atom is 0.405 e. The van der Waals surface area contributed by atoms with E-state index in [1.165, 1.54) is 0 Å². The molecule has 6 nitrogen and oxygen atoms in total. The minimum Gasteiger partial charge on any atom is -0.488 e. The zero-order valence-electron chi connectivity index (χ0n) is 17.6. The van der Waals surface area contributed by atoms with Gasteiger partial charge in [-0.25, -0.2) is 4.79 Å². The molecule has 1 atom stereocenters. The second kappa shape index (κ2) is 8.88. The minimum atomic E-state index is -0.816. The van der Waals surface area contributed by atoms with E-state index in [1.54, 1.807) is 12.4 Å². The summed E-state index contributed by atoms with van der Waals surface area (Å²) in [5.41, 5.74) is 7.94. The highest BCUT2D eigenvalue weighted by molar-refractivity contribution is 6.31. The van der Waals surface area contributed by atoms with E-state index in [1.807, 2.05) is 44.2 Å². The van der Waals surface area contributed by atoms with E-state index in [2.05, 4.69) is 23.8 Å². The smallest absolute Gasteiger partial charge is 0.405 e. The van der Waals surface area contributed by atoms with Gasteiger partial charge in [-0.05, 0) is 62.1 Å². The van der Waals surface area contributed by atoms with Crippen LogP contribution in [-0.2, 0) is 4.74 Å². The van der Waals surface area contributed by atoms with Gasteiger partial charge in [0.2, 0.25) is 0 Å². The summed E-state index contributed by atoms with van der Waals surface area (Å²) in [6.07, 6.45) is 3.26. The molecule has 0 aliphatic rings. The number of amides is 1. The van der Waals surface area contributed by atoms with Crippen LogP contribution in [0.3, 0.4) is 0 Å². The first kappa shape index (κ1) is 21.8. The molecule has 2 N–H and O–H groups in total. The van der Waals surface area contributed by atoms with Crippen molar-refractivity contribution in [3.63, 3.8) is 0 Å². The highest BCUT2D eigenvalue weighted by Gasteiger charge is 2.30. The van der Waals surface area contributed by atoms with E-state index in [4.69, 9.17) is 26.8 Å². The zero-order chi connectivity index (χ0) is 21.9. The minimum absolute atomic E-state index is 0.184. The SMILES string of the molecule is Cc1cc(-c2ccnc3ccc(Cl)cc23)ncc1OCC(C)(CC(C)C)OC(N)=O. The van der Waals surface area contributed by atoms with Crippen molar-refractivity contribution in [1.82, 2.24) is 9.97 Å². The fraction of sp³-hybridized carbons (Fsp3) is 0.348. The number of carbonyl (C=O) groups excluding carboxylic acids is 1. The Hall–Kier alpha value is -2.86. The fourth-order valence-electron chi connectivity index (χ4n) is 3.65. The molecule has 7 heteroatoms. The van der Waals surface area contributed by atoms with Crippen molar-refractivity contribution in [3.8, 4) is 17.0 Å². The van der Waals surface area contributed by atoms with Crippen LogP contribution in [0.1, 0.15) is 32.8 Å². The Kier molecular flexibility index (Phi) is 6.46. The molecule has 0 aliphatic carbocycles. The molecule has 0 aliphatic heterocycles. The monoisotopic (exact) mass is 427 g/mol.